The Hall–Kier alpha value is -1.79. The summed E-state index contributed by atoms with van der Waals surface area (Å²) in [4.78, 5) is 30.5. The van der Waals surface area contributed by atoms with E-state index in [1.54, 1.807) is 26.0 Å². The lowest BCUT2D eigenvalue weighted by molar-refractivity contribution is -0.115. The molecule has 0 saturated carbocycles. The van der Waals surface area contributed by atoms with Gasteiger partial charge < -0.3 is 10.3 Å². The van der Waals surface area contributed by atoms with E-state index in [1.807, 2.05) is 13.0 Å². The molecule has 1 heterocycles. The average molecular weight is 338 g/mol. The van der Waals surface area contributed by atoms with Crippen molar-refractivity contribution in [3.63, 3.8) is 0 Å². The number of carbonyl (C=O) groups is 1. The first-order chi connectivity index (χ1) is 10.3. The smallest absolute Gasteiger partial charge is 0.251 e. The Morgan fingerprint density at radius 3 is 2.77 bits per heavy atom. The predicted octanol–water partition coefficient (Wildman–Crippen LogP) is 3.16. The summed E-state index contributed by atoms with van der Waals surface area (Å²) in [5.41, 5.74) is 1.99. The van der Waals surface area contributed by atoms with E-state index < -0.39 is 5.25 Å². The first-order valence-corrected chi connectivity index (χ1v) is 7.92. The molecule has 0 bridgehead atoms. The molecule has 1 aromatic carbocycles. The molecule has 0 radical (unpaired) electrons. The third kappa shape index (κ3) is 4.35. The molecule has 2 N–H and O–H groups in total. The maximum atomic E-state index is 12.3. The number of carbonyl (C=O) groups excluding carboxylic acids is 1. The molecule has 7 heteroatoms. The van der Waals surface area contributed by atoms with Crippen LogP contribution in [0.3, 0.4) is 0 Å². The average Bonchev–Trinajstić information content (AvgIpc) is 2.41. The summed E-state index contributed by atoms with van der Waals surface area (Å²) in [6.07, 6.45) is 0. The topological polar surface area (TPSA) is 74.8 Å². The second-order valence-electron chi connectivity index (χ2n) is 4.90. The van der Waals surface area contributed by atoms with E-state index in [4.69, 9.17) is 11.6 Å². The Morgan fingerprint density at radius 2 is 2.09 bits per heavy atom. The molecule has 0 fully saturated rings. The van der Waals surface area contributed by atoms with Crippen LogP contribution in [0.4, 0.5) is 5.69 Å². The van der Waals surface area contributed by atoms with Crippen LogP contribution in [0, 0.1) is 13.8 Å². The van der Waals surface area contributed by atoms with E-state index in [0.717, 1.165) is 5.56 Å². The fourth-order valence-electron chi connectivity index (χ4n) is 1.79. The lowest BCUT2D eigenvalue weighted by atomic mass is 10.2. The summed E-state index contributed by atoms with van der Waals surface area (Å²) in [6.45, 7) is 5.38. The third-order valence-electron chi connectivity index (χ3n) is 2.96. The normalized spacial score (nSPS) is 12.0. The minimum absolute atomic E-state index is 0.181. The highest BCUT2D eigenvalue weighted by atomic mass is 35.5. The highest BCUT2D eigenvalue weighted by molar-refractivity contribution is 8.00. The van der Waals surface area contributed by atoms with Crippen LogP contribution < -0.4 is 10.9 Å². The maximum absolute atomic E-state index is 12.3. The number of halogens is 1. The molecule has 0 aliphatic rings. The van der Waals surface area contributed by atoms with Crippen molar-refractivity contribution in [1.29, 1.82) is 0 Å². The van der Waals surface area contributed by atoms with E-state index in [0.29, 0.717) is 21.6 Å². The molecule has 1 amide bonds. The van der Waals surface area contributed by atoms with Crippen molar-refractivity contribution < 1.29 is 4.79 Å². The Balaban J connectivity index is 2.09. The molecule has 0 unspecified atom stereocenters. The number of nitrogens with zero attached hydrogens (tertiary/aromatic N) is 1. The fourth-order valence-corrected chi connectivity index (χ4v) is 2.82. The summed E-state index contributed by atoms with van der Waals surface area (Å²) < 4.78 is 0. The molecule has 5 nitrogen and oxygen atoms in total. The summed E-state index contributed by atoms with van der Waals surface area (Å²) in [5, 5.41) is 3.41. The van der Waals surface area contributed by atoms with Crippen LogP contribution in [0.25, 0.3) is 0 Å². The van der Waals surface area contributed by atoms with Crippen molar-refractivity contribution in [2.45, 2.75) is 31.2 Å². The quantitative estimate of drug-likeness (QED) is 0.664. The number of rotatable bonds is 4. The SMILES string of the molecule is Cc1cc(=O)[nH]c(S[C@H](C)C(=O)Nc2cc(Cl)ccc2C)n1. The number of amides is 1. The number of nitrogens with one attached hydrogen (secondary N) is 2. The number of hydrogen-bond donors (Lipinski definition) is 2. The first-order valence-electron chi connectivity index (χ1n) is 6.67. The zero-order valence-corrected chi connectivity index (χ0v) is 14.0. The fraction of sp³-hybridized carbons (Fsp3) is 0.267. The highest BCUT2D eigenvalue weighted by Gasteiger charge is 2.17. The second kappa shape index (κ2) is 6.98. The monoisotopic (exact) mass is 337 g/mol. The van der Waals surface area contributed by atoms with Crippen molar-refractivity contribution in [3.8, 4) is 0 Å². The predicted molar refractivity (Wildman–Crippen MR) is 89.7 cm³/mol. The van der Waals surface area contributed by atoms with Gasteiger partial charge in [-0.15, -0.1) is 0 Å². The number of aryl methyl sites for hydroxylation is 2. The summed E-state index contributed by atoms with van der Waals surface area (Å²) in [6, 6.07) is 6.73. The largest absolute Gasteiger partial charge is 0.325 e. The van der Waals surface area contributed by atoms with Gasteiger partial charge in [0.25, 0.3) is 5.56 Å². The molecule has 1 atom stereocenters. The van der Waals surface area contributed by atoms with Gasteiger partial charge in [0.05, 0.1) is 5.25 Å². The minimum atomic E-state index is -0.414. The summed E-state index contributed by atoms with van der Waals surface area (Å²) in [5.74, 6) is -0.181. The van der Waals surface area contributed by atoms with Gasteiger partial charge in [-0.25, -0.2) is 4.98 Å². The van der Waals surface area contributed by atoms with E-state index >= 15 is 0 Å². The zero-order chi connectivity index (χ0) is 16.3. The molecule has 1 aromatic heterocycles. The van der Waals surface area contributed by atoms with E-state index in [-0.39, 0.29) is 11.5 Å². The lowest BCUT2D eigenvalue weighted by Crippen LogP contribution is -2.23. The number of thioether (sulfide) groups is 1. The van der Waals surface area contributed by atoms with Gasteiger partial charge >= 0.3 is 0 Å². The number of aromatic amines is 1. The van der Waals surface area contributed by atoms with Gasteiger partial charge in [-0.2, -0.15) is 0 Å². The molecule has 22 heavy (non-hydrogen) atoms. The van der Waals surface area contributed by atoms with Gasteiger partial charge in [0.2, 0.25) is 5.91 Å². The highest BCUT2D eigenvalue weighted by Crippen LogP contribution is 2.23. The molecule has 0 aliphatic carbocycles. The number of aromatic nitrogens is 2. The van der Waals surface area contributed by atoms with Crippen molar-refractivity contribution >= 4 is 35.0 Å². The second-order valence-corrected chi connectivity index (χ2v) is 6.67. The molecule has 0 saturated heterocycles. The van der Waals surface area contributed by atoms with Crippen LogP contribution in [0.15, 0.2) is 34.2 Å². The van der Waals surface area contributed by atoms with Gasteiger partial charge in [-0.05, 0) is 38.5 Å². The minimum Gasteiger partial charge on any atom is -0.325 e. The number of hydrogen-bond acceptors (Lipinski definition) is 4. The first kappa shape index (κ1) is 16.6. The lowest BCUT2D eigenvalue weighted by Gasteiger charge is -2.13. The van der Waals surface area contributed by atoms with Gasteiger partial charge in [0, 0.05) is 22.5 Å². The van der Waals surface area contributed by atoms with Crippen LogP contribution in [-0.4, -0.2) is 21.1 Å². The molecular weight excluding hydrogens is 322 g/mol. The van der Waals surface area contributed by atoms with E-state index in [1.165, 1.54) is 17.8 Å². The molecule has 0 aliphatic heterocycles. The molecule has 0 spiro atoms. The van der Waals surface area contributed by atoms with Crippen molar-refractivity contribution in [1.82, 2.24) is 9.97 Å². The van der Waals surface area contributed by atoms with E-state index in [9.17, 15) is 9.59 Å². The third-order valence-corrected chi connectivity index (χ3v) is 4.18. The number of benzene rings is 1. The molecule has 2 aromatic rings. The van der Waals surface area contributed by atoms with Crippen LogP contribution in [-0.2, 0) is 4.79 Å². The van der Waals surface area contributed by atoms with Crippen molar-refractivity contribution in [3.05, 3.63) is 50.9 Å². The Labute approximate surface area is 137 Å². The molecular formula is C15H16ClN3O2S. The van der Waals surface area contributed by atoms with Crippen LogP contribution in [0.5, 0.6) is 0 Å². The van der Waals surface area contributed by atoms with E-state index in [2.05, 4.69) is 15.3 Å². The van der Waals surface area contributed by atoms with Crippen LogP contribution in [0.1, 0.15) is 18.2 Å². The summed E-state index contributed by atoms with van der Waals surface area (Å²) >= 11 is 7.14. The van der Waals surface area contributed by atoms with Gasteiger partial charge in [0.15, 0.2) is 5.16 Å². The Morgan fingerprint density at radius 1 is 1.36 bits per heavy atom. The standard InChI is InChI=1S/C15H16ClN3O2S/c1-8-4-5-11(16)7-12(8)18-14(21)10(3)22-15-17-9(2)6-13(20)19-15/h4-7,10H,1-3H3,(H,18,21)(H,17,19,20)/t10-/m1/s1. The van der Waals surface area contributed by atoms with Crippen molar-refractivity contribution in [2.75, 3.05) is 5.32 Å². The Kier molecular flexibility index (Phi) is 5.26. The summed E-state index contributed by atoms with van der Waals surface area (Å²) in [7, 11) is 0. The van der Waals surface area contributed by atoms with Crippen LogP contribution in [0.2, 0.25) is 5.02 Å². The van der Waals surface area contributed by atoms with Crippen molar-refractivity contribution in [2.24, 2.45) is 0 Å². The van der Waals surface area contributed by atoms with Gasteiger partial charge in [0.1, 0.15) is 0 Å². The zero-order valence-electron chi connectivity index (χ0n) is 12.4. The maximum Gasteiger partial charge on any atom is 0.251 e. The van der Waals surface area contributed by atoms with Gasteiger partial charge in [-0.1, -0.05) is 29.4 Å². The Bertz CT molecular complexity index is 761. The number of anilines is 1. The molecule has 2 rings (SSSR count). The van der Waals surface area contributed by atoms with Crippen LogP contribution >= 0.6 is 23.4 Å². The molecule has 116 valence electrons. The number of H-pyrrole nitrogens is 1. The van der Waals surface area contributed by atoms with Gasteiger partial charge in [-0.3, -0.25) is 9.59 Å².